The van der Waals surface area contributed by atoms with Crippen molar-refractivity contribution in [1.82, 2.24) is 15.2 Å². The molecule has 0 aliphatic carbocycles. The van der Waals surface area contributed by atoms with Gasteiger partial charge in [0.2, 0.25) is 0 Å². The topological polar surface area (TPSA) is 66.0 Å². The van der Waals surface area contributed by atoms with Gasteiger partial charge in [0.05, 0.1) is 17.6 Å². The van der Waals surface area contributed by atoms with Crippen LogP contribution in [-0.4, -0.2) is 20.9 Å². The third-order valence-corrected chi connectivity index (χ3v) is 2.89. The van der Waals surface area contributed by atoms with E-state index in [0.29, 0.717) is 5.82 Å². The van der Waals surface area contributed by atoms with E-state index < -0.39 is 0 Å². The van der Waals surface area contributed by atoms with Gasteiger partial charge in [-0.05, 0) is 19.1 Å². The molecule has 0 saturated carbocycles. The van der Waals surface area contributed by atoms with Gasteiger partial charge in [0.1, 0.15) is 0 Å². The van der Waals surface area contributed by atoms with Gasteiger partial charge in [0.15, 0.2) is 5.82 Å². The molecule has 0 unspecified atom stereocenters. The molecule has 0 fully saturated rings. The lowest BCUT2D eigenvalue weighted by Gasteiger charge is -2.04. The fourth-order valence-corrected chi connectivity index (χ4v) is 1.86. The molecule has 0 bridgehead atoms. The van der Waals surface area contributed by atoms with E-state index in [1.165, 1.54) is 0 Å². The van der Waals surface area contributed by atoms with Gasteiger partial charge in [-0.1, -0.05) is 24.3 Å². The van der Waals surface area contributed by atoms with Gasteiger partial charge >= 0.3 is 0 Å². The summed E-state index contributed by atoms with van der Waals surface area (Å²) < 4.78 is 0. The lowest BCUT2D eigenvalue weighted by Crippen LogP contribution is -2.02. The highest BCUT2D eigenvalue weighted by Gasteiger charge is 2.02. The summed E-state index contributed by atoms with van der Waals surface area (Å²) in [6, 6.07) is 11.8. The number of benzene rings is 1. The predicted molar refractivity (Wildman–Crippen MR) is 76.2 cm³/mol. The standard InChI is InChI=1S/C14H13N5/c1-10(13-7-4-8-15-13)17-19-14-12-6-3-2-5-11(12)9-16-18-14/h2-9,15H,1H3,(H,18,19)/b17-10-. The van der Waals surface area contributed by atoms with Gasteiger partial charge in [-0.25, -0.2) is 0 Å². The second-order valence-electron chi connectivity index (χ2n) is 4.17. The molecule has 0 saturated heterocycles. The molecule has 2 heterocycles. The van der Waals surface area contributed by atoms with Crippen LogP contribution in [0, 0.1) is 0 Å². The summed E-state index contributed by atoms with van der Waals surface area (Å²) in [7, 11) is 0. The van der Waals surface area contributed by atoms with E-state index in [4.69, 9.17) is 0 Å². The van der Waals surface area contributed by atoms with E-state index in [9.17, 15) is 0 Å². The van der Waals surface area contributed by atoms with E-state index in [-0.39, 0.29) is 0 Å². The number of aromatic amines is 1. The summed E-state index contributed by atoms with van der Waals surface area (Å²) in [6.45, 7) is 1.93. The second kappa shape index (κ2) is 4.89. The van der Waals surface area contributed by atoms with Crippen molar-refractivity contribution >= 4 is 22.3 Å². The number of nitrogens with one attached hydrogen (secondary N) is 2. The minimum atomic E-state index is 0.656. The van der Waals surface area contributed by atoms with E-state index in [1.807, 2.05) is 49.5 Å². The van der Waals surface area contributed by atoms with Gasteiger partial charge in [0.25, 0.3) is 0 Å². The van der Waals surface area contributed by atoms with Crippen LogP contribution in [0.25, 0.3) is 10.8 Å². The maximum absolute atomic E-state index is 4.32. The number of fused-ring (bicyclic) bond motifs is 1. The first-order valence-electron chi connectivity index (χ1n) is 5.99. The van der Waals surface area contributed by atoms with Crippen LogP contribution in [0.1, 0.15) is 12.6 Å². The minimum absolute atomic E-state index is 0.656. The van der Waals surface area contributed by atoms with Crippen LogP contribution in [-0.2, 0) is 0 Å². The van der Waals surface area contributed by atoms with Crippen LogP contribution in [0.4, 0.5) is 5.82 Å². The number of nitrogens with zero attached hydrogens (tertiary/aromatic N) is 3. The van der Waals surface area contributed by atoms with Gasteiger partial charge in [0, 0.05) is 17.0 Å². The van der Waals surface area contributed by atoms with Gasteiger partial charge in [-0.2, -0.15) is 10.2 Å². The Kier molecular flexibility index (Phi) is 2.94. The third kappa shape index (κ3) is 2.30. The zero-order valence-electron chi connectivity index (χ0n) is 10.5. The largest absolute Gasteiger partial charge is 0.360 e. The number of aromatic nitrogens is 3. The van der Waals surface area contributed by atoms with Crippen LogP contribution in [0.15, 0.2) is 53.9 Å². The number of H-pyrrole nitrogens is 1. The van der Waals surface area contributed by atoms with E-state index in [1.54, 1.807) is 6.20 Å². The highest BCUT2D eigenvalue weighted by atomic mass is 15.3. The predicted octanol–water partition coefficient (Wildman–Crippen LogP) is 2.79. The van der Waals surface area contributed by atoms with Crippen molar-refractivity contribution in [1.29, 1.82) is 0 Å². The van der Waals surface area contributed by atoms with Crippen molar-refractivity contribution in [2.45, 2.75) is 6.92 Å². The first-order valence-corrected chi connectivity index (χ1v) is 5.99. The Morgan fingerprint density at radius 2 is 2.11 bits per heavy atom. The Balaban J connectivity index is 1.92. The molecular formula is C14H13N5. The average Bonchev–Trinajstić information content (AvgIpc) is 2.99. The van der Waals surface area contributed by atoms with Crippen molar-refractivity contribution in [3.63, 3.8) is 0 Å². The Labute approximate surface area is 110 Å². The number of hydrogen-bond donors (Lipinski definition) is 2. The molecule has 2 N–H and O–H groups in total. The molecule has 0 aliphatic rings. The van der Waals surface area contributed by atoms with Crippen LogP contribution < -0.4 is 5.43 Å². The Bertz CT molecular complexity index is 710. The molecule has 5 heteroatoms. The summed E-state index contributed by atoms with van der Waals surface area (Å²) >= 11 is 0. The summed E-state index contributed by atoms with van der Waals surface area (Å²) in [6.07, 6.45) is 3.61. The van der Waals surface area contributed by atoms with E-state index >= 15 is 0 Å². The fourth-order valence-electron chi connectivity index (χ4n) is 1.86. The number of anilines is 1. The molecule has 1 aromatic carbocycles. The third-order valence-electron chi connectivity index (χ3n) is 2.89. The molecule has 0 amide bonds. The number of hydrogen-bond acceptors (Lipinski definition) is 4. The van der Waals surface area contributed by atoms with Gasteiger partial charge < -0.3 is 4.98 Å². The fraction of sp³-hybridized carbons (Fsp3) is 0.0714. The molecular weight excluding hydrogens is 238 g/mol. The normalized spacial score (nSPS) is 11.7. The van der Waals surface area contributed by atoms with Crippen LogP contribution in [0.3, 0.4) is 0 Å². The SMILES string of the molecule is C/C(=N/Nc1nncc2ccccc12)c1ccc[nH]1. The molecule has 94 valence electrons. The lowest BCUT2D eigenvalue weighted by atomic mass is 10.2. The van der Waals surface area contributed by atoms with Gasteiger partial charge in [-0.3, -0.25) is 5.43 Å². The van der Waals surface area contributed by atoms with Crippen molar-refractivity contribution in [2.24, 2.45) is 5.10 Å². The average molecular weight is 251 g/mol. The highest BCUT2D eigenvalue weighted by molar-refractivity contribution is 5.98. The first kappa shape index (κ1) is 11.4. The first-order chi connectivity index (χ1) is 9.34. The van der Waals surface area contributed by atoms with Crippen LogP contribution >= 0.6 is 0 Å². The molecule has 0 aliphatic heterocycles. The Morgan fingerprint density at radius 1 is 1.21 bits per heavy atom. The highest BCUT2D eigenvalue weighted by Crippen LogP contribution is 2.19. The zero-order chi connectivity index (χ0) is 13.1. The Hall–Kier alpha value is -2.69. The van der Waals surface area contributed by atoms with Crippen molar-refractivity contribution in [2.75, 3.05) is 5.43 Å². The molecule has 2 aromatic heterocycles. The quantitative estimate of drug-likeness (QED) is 0.555. The molecule has 0 radical (unpaired) electrons. The summed E-state index contributed by atoms with van der Waals surface area (Å²) in [5.41, 5.74) is 4.80. The van der Waals surface area contributed by atoms with Crippen molar-refractivity contribution in [3.8, 4) is 0 Å². The van der Waals surface area contributed by atoms with Crippen molar-refractivity contribution in [3.05, 3.63) is 54.5 Å². The lowest BCUT2D eigenvalue weighted by molar-refractivity contribution is 1.04. The van der Waals surface area contributed by atoms with Crippen molar-refractivity contribution < 1.29 is 0 Å². The monoisotopic (exact) mass is 251 g/mol. The summed E-state index contributed by atoms with van der Waals surface area (Å²) in [5, 5.41) is 14.4. The number of rotatable bonds is 3. The summed E-state index contributed by atoms with van der Waals surface area (Å²) in [4.78, 5) is 3.10. The maximum atomic E-state index is 4.32. The second-order valence-corrected chi connectivity index (χ2v) is 4.17. The molecule has 0 spiro atoms. The molecule has 5 nitrogen and oxygen atoms in total. The molecule has 3 rings (SSSR count). The van der Waals surface area contributed by atoms with E-state index in [0.717, 1.165) is 22.2 Å². The summed E-state index contributed by atoms with van der Waals surface area (Å²) in [5.74, 6) is 0.656. The zero-order valence-corrected chi connectivity index (χ0v) is 10.5. The maximum Gasteiger partial charge on any atom is 0.176 e. The van der Waals surface area contributed by atoms with E-state index in [2.05, 4.69) is 25.7 Å². The molecule has 19 heavy (non-hydrogen) atoms. The molecule has 3 aromatic rings. The smallest absolute Gasteiger partial charge is 0.176 e. The van der Waals surface area contributed by atoms with Gasteiger partial charge in [-0.15, -0.1) is 5.10 Å². The van der Waals surface area contributed by atoms with Crippen LogP contribution in [0.2, 0.25) is 0 Å². The Morgan fingerprint density at radius 3 is 2.95 bits per heavy atom. The molecule has 0 atom stereocenters. The van der Waals surface area contributed by atoms with Crippen LogP contribution in [0.5, 0.6) is 0 Å². The number of hydrazone groups is 1. The minimum Gasteiger partial charge on any atom is -0.360 e.